The van der Waals surface area contributed by atoms with Crippen molar-refractivity contribution in [2.45, 2.75) is 26.2 Å². The van der Waals surface area contributed by atoms with Gasteiger partial charge in [-0.2, -0.15) is 12.7 Å². The zero-order valence-electron chi connectivity index (χ0n) is 15.3. The van der Waals surface area contributed by atoms with Crippen LogP contribution in [0.1, 0.15) is 25.3 Å². The molecule has 0 saturated carbocycles. The van der Waals surface area contributed by atoms with Crippen molar-refractivity contribution in [2.24, 2.45) is 17.6 Å². The smallest absolute Gasteiger partial charge is 0.310 e. The van der Waals surface area contributed by atoms with Crippen molar-refractivity contribution >= 4 is 27.8 Å². The van der Waals surface area contributed by atoms with Crippen LogP contribution in [0.3, 0.4) is 0 Å². The van der Waals surface area contributed by atoms with Crippen LogP contribution >= 0.6 is 0 Å². The van der Waals surface area contributed by atoms with Crippen LogP contribution < -0.4 is 10.0 Å². The molecule has 1 fully saturated rings. The number of anilines is 1. The van der Waals surface area contributed by atoms with Crippen molar-refractivity contribution in [3.05, 3.63) is 29.8 Å². The maximum atomic E-state index is 13.3. The van der Waals surface area contributed by atoms with Crippen LogP contribution in [-0.4, -0.2) is 50.8 Å². The summed E-state index contributed by atoms with van der Waals surface area (Å²) in [6.45, 7) is 2.42. The summed E-state index contributed by atoms with van der Waals surface area (Å²) >= 11 is 0. The first kappa shape index (κ1) is 19.6. The Balaban J connectivity index is 1.89. The van der Waals surface area contributed by atoms with Gasteiger partial charge in [-0.25, -0.2) is 0 Å². The molecular formula is C18H25N3O5S. The number of esters is 1. The Morgan fingerprint density at radius 3 is 2.67 bits per heavy atom. The zero-order chi connectivity index (χ0) is 19.6. The van der Waals surface area contributed by atoms with Crippen LogP contribution in [0.4, 0.5) is 5.69 Å². The van der Waals surface area contributed by atoms with Gasteiger partial charge in [0.1, 0.15) is 0 Å². The number of nitrogens with zero attached hydrogens (tertiary/aromatic N) is 2. The molecule has 2 atom stereocenters. The third-order valence-corrected chi connectivity index (χ3v) is 7.01. The lowest BCUT2D eigenvalue weighted by Crippen LogP contribution is -2.53. The third-order valence-electron chi connectivity index (χ3n) is 5.12. The van der Waals surface area contributed by atoms with Gasteiger partial charge in [-0.05, 0) is 37.8 Å². The number of hydrogen-bond donors (Lipinski definition) is 1. The molecule has 27 heavy (non-hydrogen) atoms. The van der Waals surface area contributed by atoms with E-state index in [1.54, 1.807) is 19.1 Å². The molecule has 2 heterocycles. The SMILES string of the molecule is CCOC(=O)C1CCCN(S(=O)(=O)N2CC(C(N)=O)Cc3ccccc32)C1. The zero-order valence-corrected chi connectivity index (χ0v) is 16.2. The molecule has 1 saturated heterocycles. The van der Waals surface area contributed by atoms with E-state index in [0.29, 0.717) is 31.5 Å². The average Bonchev–Trinajstić information content (AvgIpc) is 2.67. The summed E-state index contributed by atoms with van der Waals surface area (Å²) in [5, 5.41) is 0. The minimum Gasteiger partial charge on any atom is -0.466 e. The van der Waals surface area contributed by atoms with Gasteiger partial charge < -0.3 is 10.5 Å². The second kappa shape index (κ2) is 7.85. The summed E-state index contributed by atoms with van der Waals surface area (Å²) in [5.41, 5.74) is 6.80. The molecule has 0 aliphatic carbocycles. The molecule has 3 rings (SSSR count). The summed E-state index contributed by atoms with van der Waals surface area (Å²) in [7, 11) is -3.90. The number of fused-ring (bicyclic) bond motifs is 1. The number of ether oxygens (including phenoxy) is 1. The fourth-order valence-electron chi connectivity index (χ4n) is 3.71. The van der Waals surface area contributed by atoms with E-state index < -0.39 is 28.0 Å². The Labute approximate surface area is 159 Å². The number of primary amides is 1. The van der Waals surface area contributed by atoms with Crippen molar-refractivity contribution < 1.29 is 22.7 Å². The van der Waals surface area contributed by atoms with E-state index in [2.05, 4.69) is 0 Å². The molecule has 2 aliphatic heterocycles. The highest BCUT2D eigenvalue weighted by molar-refractivity contribution is 7.90. The molecule has 148 valence electrons. The molecule has 9 heteroatoms. The minimum atomic E-state index is -3.90. The van der Waals surface area contributed by atoms with E-state index in [4.69, 9.17) is 10.5 Å². The number of piperidine rings is 1. The number of nitrogens with two attached hydrogens (primary N) is 1. The normalized spacial score (nSPS) is 23.5. The number of para-hydroxylation sites is 1. The lowest BCUT2D eigenvalue weighted by molar-refractivity contribution is -0.149. The topological polar surface area (TPSA) is 110 Å². The Kier molecular flexibility index (Phi) is 5.71. The van der Waals surface area contributed by atoms with Gasteiger partial charge in [-0.3, -0.25) is 13.9 Å². The quantitative estimate of drug-likeness (QED) is 0.737. The summed E-state index contributed by atoms with van der Waals surface area (Å²) in [5.74, 6) is -1.94. The fourth-order valence-corrected chi connectivity index (χ4v) is 5.51. The van der Waals surface area contributed by atoms with Crippen molar-refractivity contribution in [1.82, 2.24) is 4.31 Å². The number of hydrogen-bond acceptors (Lipinski definition) is 5. The summed E-state index contributed by atoms with van der Waals surface area (Å²) < 4.78 is 34.3. The lowest BCUT2D eigenvalue weighted by Gasteiger charge is -2.39. The predicted molar refractivity (Wildman–Crippen MR) is 100 cm³/mol. The number of benzene rings is 1. The Morgan fingerprint density at radius 1 is 1.22 bits per heavy atom. The molecule has 2 unspecified atom stereocenters. The second-order valence-electron chi connectivity index (χ2n) is 6.92. The highest BCUT2D eigenvalue weighted by Gasteiger charge is 2.40. The van der Waals surface area contributed by atoms with Crippen molar-refractivity contribution in [1.29, 1.82) is 0 Å². The number of amides is 1. The van der Waals surface area contributed by atoms with E-state index in [-0.39, 0.29) is 25.7 Å². The fraction of sp³-hybridized carbons (Fsp3) is 0.556. The Bertz CT molecular complexity index is 826. The van der Waals surface area contributed by atoms with Crippen LogP contribution in [0, 0.1) is 11.8 Å². The first-order valence-electron chi connectivity index (χ1n) is 9.16. The monoisotopic (exact) mass is 395 g/mol. The van der Waals surface area contributed by atoms with Crippen LogP contribution in [0.5, 0.6) is 0 Å². The first-order chi connectivity index (χ1) is 12.8. The number of carbonyl (C=O) groups excluding carboxylic acids is 2. The average molecular weight is 395 g/mol. The van der Waals surface area contributed by atoms with Crippen LogP contribution in [0.15, 0.2) is 24.3 Å². The van der Waals surface area contributed by atoms with Gasteiger partial charge in [0.2, 0.25) is 5.91 Å². The highest BCUT2D eigenvalue weighted by Crippen LogP contribution is 2.34. The highest BCUT2D eigenvalue weighted by atomic mass is 32.2. The van der Waals surface area contributed by atoms with Crippen molar-refractivity contribution in [2.75, 3.05) is 30.5 Å². The van der Waals surface area contributed by atoms with Gasteiger partial charge in [0.15, 0.2) is 0 Å². The largest absolute Gasteiger partial charge is 0.466 e. The van der Waals surface area contributed by atoms with E-state index >= 15 is 0 Å². The molecule has 1 aromatic carbocycles. The van der Waals surface area contributed by atoms with Crippen LogP contribution in [0.25, 0.3) is 0 Å². The molecular weight excluding hydrogens is 370 g/mol. The van der Waals surface area contributed by atoms with Gasteiger partial charge in [-0.1, -0.05) is 18.2 Å². The van der Waals surface area contributed by atoms with Crippen LogP contribution in [-0.2, 0) is 31.0 Å². The van der Waals surface area contributed by atoms with E-state index in [0.717, 1.165) is 5.56 Å². The molecule has 1 amide bonds. The molecule has 0 radical (unpaired) electrons. The maximum absolute atomic E-state index is 13.3. The molecule has 0 aromatic heterocycles. The summed E-state index contributed by atoms with van der Waals surface area (Å²) in [6, 6.07) is 7.12. The maximum Gasteiger partial charge on any atom is 0.310 e. The Hall–Kier alpha value is -2.13. The van der Waals surface area contributed by atoms with Gasteiger partial charge in [0, 0.05) is 19.6 Å². The first-order valence-corrected chi connectivity index (χ1v) is 10.6. The third kappa shape index (κ3) is 3.93. The standard InChI is InChI=1S/C18H25N3O5S/c1-2-26-18(23)14-7-5-9-20(11-14)27(24,25)21-12-15(17(19)22)10-13-6-3-4-8-16(13)21/h3-4,6,8,14-15H,2,5,7,9-12H2,1H3,(H2,19,22). The summed E-state index contributed by atoms with van der Waals surface area (Å²) in [6.07, 6.45) is 1.60. The minimum absolute atomic E-state index is 0.00918. The molecule has 2 aliphatic rings. The summed E-state index contributed by atoms with van der Waals surface area (Å²) in [4.78, 5) is 23.8. The molecule has 1 aromatic rings. The molecule has 8 nitrogen and oxygen atoms in total. The van der Waals surface area contributed by atoms with Gasteiger partial charge in [-0.15, -0.1) is 0 Å². The van der Waals surface area contributed by atoms with Gasteiger partial charge in [0.05, 0.1) is 24.1 Å². The van der Waals surface area contributed by atoms with Crippen molar-refractivity contribution in [3.63, 3.8) is 0 Å². The second-order valence-corrected chi connectivity index (χ2v) is 8.77. The van der Waals surface area contributed by atoms with E-state index in [1.165, 1.54) is 8.61 Å². The van der Waals surface area contributed by atoms with Crippen LogP contribution in [0.2, 0.25) is 0 Å². The van der Waals surface area contributed by atoms with Crippen molar-refractivity contribution in [3.8, 4) is 0 Å². The molecule has 0 bridgehead atoms. The van der Waals surface area contributed by atoms with Gasteiger partial charge >= 0.3 is 16.2 Å². The van der Waals surface area contributed by atoms with E-state index in [1.807, 2.05) is 12.1 Å². The lowest BCUT2D eigenvalue weighted by atomic mass is 9.93. The van der Waals surface area contributed by atoms with E-state index in [9.17, 15) is 18.0 Å². The molecule has 0 spiro atoms. The number of carbonyl (C=O) groups is 2. The van der Waals surface area contributed by atoms with Gasteiger partial charge in [0.25, 0.3) is 0 Å². The number of rotatable bonds is 5. The Morgan fingerprint density at radius 2 is 1.96 bits per heavy atom. The predicted octanol–water partition coefficient (Wildman–Crippen LogP) is 0.671. The molecule has 2 N–H and O–H groups in total.